The molecule has 0 fully saturated rings. The van der Waals surface area contributed by atoms with E-state index < -0.39 is 53.8 Å². The van der Waals surface area contributed by atoms with Gasteiger partial charge in [-0.2, -0.15) is 40.8 Å². The van der Waals surface area contributed by atoms with Crippen molar-refractivity contribution >= 4 is 11.6 Å². The fraction of sp³-hybridized carbons (Fsp3) is 0.556. The number of hydrogen-bond acceptors (Lipinski definition) is 4. The van der Waals surface area contributed by atoms with Crippen LogP contribution in [0.15, 0.2) is 35.4 Å². The first-order chi connectivity index (χ1) is 13.4. The Morgan fingerprint density at radius 2 is 1.63 bits per heavy atom. The molecule has 1 aromatic carbocycles. The summed E-state index contributed by atoms with van der Waals surface area (Å²) in [5, 5.41) is 13.9. The van der Waals surface area contributed by atoms with Crippen LogP contribution < -0.4 is 4.74 Å². The van der Waals surface area contributed by atoms with Crippen molar-refractivity contribution in [3.05, 3.63) is 30.3 Å². The van der Waals surface area contributed by atoms with Crippen LogP contribution in [0.3, 0.4) is 0 Å². The minimum Gasteiger partial charge on any atom is -0.484 e. The van der Waals surface area contributed by atoms with Crippen LogP contribution in [0.25, 0.3) is 0 Å². The molecule has 0 bridgehead atoms. The molecule has 12 heteroatoms. The average Bonchev–Trinajstić information content (AvgIpc) is 2.99. The maximum atomic E-state index is 14.1. The molecule has 1 atom stereocenters. The SMILES string of the molecule is CC(C)(C)[C@]1(O)CC(C(F)(F)C(F)(F)C(F)(F)F)=NN1C(=O)COc1ccccc1. The summed E-state index contributed by atoms with van der Waals surface area (Å²) in [7, 11) is 0. The summed E-state index contributed by atoms with van der Waals surface area (Å²) < 4.78 is 97.9. The lowest BCUT2D eigenvalue weighted by molar-refractivity contribution is -0.336. The number of aliphatic hydroxyl groups is 1. The number of halogens is 7. The number of rotatable bonds is 5. The van der Waals surface area contributed by atoms with Gasteiger partial charge >= 0.3 is 18.0 Å². The first-order valence-electron chi connectivity index (χ1n) is 8.59. The monoisotopic (exact) mass is 444 g/mol. The predicted octanol–water partition coefficient (Wildman–Crippen LogP) is 4.22. The molecule has 1 amide bonds. The van der Waals surface area contributed by atoms with E-state index in [0.29, 0.717) is 0 Å². The molecule has 1 heterocycles. The first kappa shape index (κ1) is 23.9. The molecular weight excluding hydrogens is 425 g/mol. The third-order valence-corrected chi connectivity index (χ3v) is 4.64. The van der Waals surface area contributed by atoms with Crippen LogP contribution in [-0.2, 0) is 4.79 Å². The number of nitrogens with zero attached hydrogens (tertiary/aromatic N) is 2. The molecule has 0 radical (unpaired) electrons. The minimum absolute atomic E-state index is 0.0889. The fourth-order valence-electron chi connectivity index (χ4n) is 2.65. The molecule has 1 aliphatic heterocycles. The van der Waals surface area contributed by atoms with E-state index in [9.17, 15) is 40.6 Å². The van der Waals surface area contributed by atoms with Crippen LogP contribution >= 0.6 is 0 Å². The van der Waals surface area contributed by atoms with Gasteiger partial charge < -0.3 is 9.84 Å². The fourth-order valence-corrected chi connectivity index (χ4v) is 2.65. The van der Waals surface area contributed by atoms with Crippen LogP contribution in [0.4, 0.5) is 30.7 Å². The molecule has 30 heavy (non-hydrogen) atoms. The Morgan fingerprint density at radius 3 is 2.10 bits per heavy atom. The lowest BCUT2D eigenvalue weighted by Crippen LogP contribution is -2.58. The molecule has 2 rings (SSSR count). The Labute approximate surface area is 167 Å². The normalized spacial score (nSPS) is 20.9. The Hall–Kier alpha value is -2.37. The number of carbonyl (C=O) groups is 1. The van der Waals surface area contributed by atoms with Gasteiger partial charge in [-0.15, -0.1) is 0 Å². The maximum absolute atomic E-state index is 14.1. The van der Waals surface area contributed by atoms with Crippen LogP contribution in [0.2, 0.25) is 0 Å². The van der Waals surface area contributed by atoms with Crippen LogP contribution in [-0.4, -0.2) is 52.1 Å². The lowest BCUT2D eigenvalue weighted by atomic mass is 9.79. The number of benzene rings is 1. The summed E-state index contributed by atoms with van der Waals surface area (Å²) in [5.74, 6) is -13.3. The Bertz CT molecular complexity index is 819. The molecule has 0 spiro atoms. The number of amides is 1. The standard InChI is InChI=1S/C18H19F7N2O3/c1-14(2,3)15(29)9-12(16(19,20)17(21,22)18(23,24)25)26-27(15)13(28)10-30-11-7-5-4-6-8-11/h4-8,29H,9-10H2,1-3H3/t15-/m1/s1. The van der Waals surface area contributed by atoms with Crippen molar-refractivity contribution in [2.75, 3.05) is 6.61 Å². The summed E-state index contributed by atoms with van der Waals surface area (Å²) in [6.07, 6.45) is -7.99. The smallest absolute Gasteiger partial charge is 0.460 e. The first-order valence-corrected chi connectivity index (χ1v) is 8.59. The van der Waals surface area contributed by atoms with Crippen molar-refractivity contribution in [3.8, 4) is 5.75 Å². The molecule has 1 aromatic rings. The number of hydrazone groups is 1. The van der Waals surface area contributed by atoms with Gasteiger partial charge in [0.1, 0.15) is 11.5 Å². The van der Waals surface area contributed by atoms with E-state index in [4.69, 9.17) is 4.74 Å². The van der Waals surface area contributed by atoms with Crippen molar-refractivity contribution in [3.63, 3.8) is 0 Å². The second-order valence-electron chi connectivity index (χ2n) is 7.74. The van der Waals surface area contributed by atoms with Gasteiger partial charge in [-0.3, -0.25) is 4.79 Å². The van der Waals surface area contributed by atoms with E-state index >= 15 is 0 Å². The molecule has 0 aromatic heterocycles. The highest BCUT2D eigenvalue weighted by Crippen LogP contribution is 2.51. The highest BCUT2D eigenvalue weighted by atomic mass is 19.4. The molecule has 0 saturated heterocycles. The summed E-state index contributed by atoms with van der Waals surface area (Å²) in [5.41, 5.74) is -6.00. The number of hydrogen-bond donors (Lipinski definition) is 1. The van der Waals surface area contributed by atoms with E-state index in [0.717, 1.165) is 0 Å². The summed E-state index contributed by atoms with van der Waals surface area (Å²) in [6.45, 7) is 3.01. The van der Waals surface area contributed by atoms with Crippen LogP contribution in [0.1, 0.15) is 27.2 Å². The van der Waals surface area contributed by atoms with Gasteiger partial charge in [0.05, 0.1) is 0 Å². The van der Waals surface area contributed by atoms with Crippen LogP contribution in [0.5, 0.6) is 5.75 Å². The summed E-state index contributed by atoms with van der Waals surface area (Å²) in [6, 6.07) is 7.70. The van der Waals surface area contributed by atoms with Gasteiger partial charge in [-0.05, 0) is 12.1 Å². The third kappa shape index (κ3) is 3.96. The van der Waals surface area contributed by atoms with Gasteiger partial charge in [-0.25, -0.2) is 0 Å². The number of carbonyl (C=O) groups excluding carboxylic acids is 1. The van der Waals surface area contributed by atoms with E-state index in [2.05, 4.69) is 5.10 Å². The summed E-state index contributed by atoms with van der Waals surface area (Å²) in [4.78, 5) is 12.5. The van der Waals surface area contributed by atoms with E-state index in [1.165, 1.54) is 32.9 Å². The van der Waals surface area contributed by atoms with Gasteiger partial charge in [0, 0.05) is 11.8 Å². The zero-order chi connectivity index (χ0) is 23.2. The van der Waals surface area contributed by atoms with E-state index in [1.54, 1.807) is 18.2 Å². The van der Waals surface area contributed by atoms with Crippen molar-refractivity contribution in [2.45, 2.75) is 50.9 Å². The number of ether oxygens (including phenoxy) is 1. The van der Waals surface area contributed by atoms with Crippen molar-refractivity contribution in [1.82, 2.24) is 5.01 Å². The van der Waals surface area contributed by atoms with Crippen molar-refractivity contribution < 1.29 is 45.4 Å². The van der Waals surface area contributed by atoms with E-state index in [1.807, 2.05) is 0 Å². The topological polar surface area (TPSA) is 62.1 Å². The van der Waals surface area contributed by atoms with Gasteiger partial charge in [0.2, 0.25) is 0 Å². The molecule has 168 valence electrons. The Morgan fingerprint density at radius 1 is 1.10 bits per heavy atom. The quantitative estimate of drug-likeness (QED) is 0.692. The average molecular weight is 444 g/mol. The molecule has 1 aliphatic rings. The number of alkyl halides is 7. The zero-order valence-electron chi connectivity index (χ0n) is 16.1. The van der Waals surface area contributed by atoms with Crippen molar-refractivity contribution in [2.24, 2.45) is 10.5 Å². The molecule has 0 aliphatic carbocycles. The van der Waals surface area contributed by atoms with Gasteiger partial charge in [0.25, 0.3) is 5.91 Å². The third-order valence-electron chi connectivity index (χ3n) is 4.64. The van der Waals surface area contributed by atoms with Crippen LogP contribution in [0, 0.1) is 5.41 Å². The molecule has 0 unspecified atom stereocenters. The summed E-state index contributed by atoms with van der Waals surface area (Å²) >= 11 is 0. The number of para-hydroxylation sites is 1. The molecule has 5 nitrogen and oxygen atoms in total. The second kappa shape index (κ2) is 7.40. The van der Waals surface area contributed by atoms with Gasteiger partial charge in [-0.1, -0.05) is 39.0 Å². The van der Waals surface area contributed by atoms with E-state index in [-0.39, 0.29) is 10.8 Å². The minimum atomic E-state index is -6.58. The highest BCUT2D eigenvalue weighted by molar-refractivity contribution is 5.96. The predicted molar refractivity (Wildman–Crippen MR) is 91.2 cm³/mol. The highest BCUT2D eigenvalue weighted by Gasteiger charge is 2.76. The van der Waals surface area contributed by atoms with Crippen molar-refractivity contribution in [1.29, 1.82) is 0 Å². The Kier molecular flexibility index (Phi) is 5.89. The Balaban J connectivity index is 2.39. The largest absolute Gasteiger partial charge is 0.484 e. The maximum Gasteiger partial charge on any atom is 0.460 e. The molecule has 1 N–H and O–H groups in total. The molecule has 0 saturated carbocycles. The van der Waals surface area contributed by atoms with Gasteiger partial charge in [0.15, 0.2) is 12.3 Å². The lowest BCUT2D eigenvalue weighted by Gasteiger charge is -2.41. The molecular formula is C18H19F7N2O3. The zero-order valence-corrected chi connectivity index (χ0v) is 16.1. The second-order valence-corrected chi connectivity index (χ2v) is 7.74.